The second kappa shape index (κ2) is 12.9. The number of Topliss-reactive ketones (excluding diaryl/α,β-unsaturated/α-hetero) is 1. The van der Waals surface area contributed by atoms with E-state index in [9.17, 15) is 41.0 Å². The zero-order valence-electron chi connectivity index (χ0n) is 22.7. The Morgan fingerprint density at radius 2 is 1.66 bits per heavy atom. The van der Waals surface area contributed by atoms with Crippen LogP contribution in [0.4, 0.5) is 32.3 Å². The highest BCUT2D eigenvalue weighted by Gasteiger charge is 2.42. The minimum atomic E-state index is -4.77. The third kappa shape index (κ3) is 7.97. The van der Waals surface area contributed by atoms with E-state index >= 15 is 0 Å². The van der Waals surface area contributed by atoms with Gasteiger partial charge in [-0.25, -0.2) is 15.1 Å². The maximum Gasteiger partial charge on any atom is 0.422 e. The van der Waals surface area contributed by atoms with Gasteiger partial charge in [0, 0.05) is 31.4 Å². The number of aromatic nitrogens is 4. The molecule has 1 fully saturated rings. The van der Waals surface area contributed by atoms with Crippen LogP contribution in [0.2, 0.25) is 0 Å². The Morgan fingerprint density at radius 1 is 1.07 bits per heavy atom. The van der Waals surface area contributed by atoms with Gasteiger partial charge in [-0.1, -0.05) is 13.8 Å². The van der Waals surface area contributed by atoms with Gasteiger partial charge in [-0.2, -0.15) is 31.4 Å². The summed E-state index contributed by atoms with van der Waals surface area (Å²) in [7, 11) is 0. The number of halogens is 6. The van der Waals surface area contributed by atoms with Crippen LogP contribution in [0.1, 0.15) is 68.3 Å². The Morgan fingerprint density at radius 3 is 2.15 bits per heavy atom. The summed E-state index contributed by atoms with van der Waals surface area (Å²) in [4.78, 5) is 32.1. The van der Waals surface area contributed by atoms with Crippen molar-refractivity contribution in [3.63, 3.8) is 0 Å². The van der Waals surface area contributed by atoms with Crippen molar-refractivity contribution in [2.75, 3.05) is 24.5 Å². The third-order valence-electron chi connectivity index (χ3n) is 7.40. The van der Waals surface area contributed by atoms with E-state index in [2.05, 4.69) is 34.2 Å². The summed E-state index contributed by atoms with van der Waals surface area (Å²) in [5.41, 5.74) is -3.23. The van der Waals surface area contributed by atoms with Gasteiger partial charge in [0.05, 0.1) is 29.8 Å². The molecule has 1 aliphatic heterocycles. The second-order valence-corrected chi connectivity index (χ2v) is 10.3. The molecule has 3 atom stereocenters. The number of aromatic amines is 1. The molecule has 4 rings (SSSR count). The predicted octanol–water partition coefficient (Wildman–Crippen LogP) is 4.76. The molecule has 15 heteroatoms. The van der Waals surface area contributed by atoms with Crippen LogP contribution in [0.5, 0.6) is 0 Å². The maximum absolute atomic E-state index is 13.0. The highest BCUT2D eigenvalue weighted by Crippen LogP contribution is 2.40. The summed E-state index contributed by atoms with van der Waals surface area (Å²) < 4.78 is 76.3. The van der Waals surface area contributed by atoms with Crippen LogP contribution in [-0.2, 0) is 23.6 Å². The van der Waals surface area contributed by atoms with Gasteiger partial charge < -0.3 is 15.3 Å². The number of nitrogens with one attached hydrogen (secondary N) is 2. The molecule has 1 aliphatic carbocycles. The number of H-pyrrole nitrogens is 1. The predicted molar refractivity (Wildman–Crippen MR) is 137 cm³/mol. The number of hydrogen-bond donors (Lipinski definition) is 3. The summed E-state index contributed by atoms with van der Waals surface area (Å²) in [6.07, 6.45) is -4.41. The number of hydrogen-bond acceptors (Lipinski definition) is 8. The van der Waals surface area contributed by atoms with Crippen molar-refractivity contribution in [2.24, 2.45) is 11.8 Å². The van der Waals surface area contributed by atoms with Gasteiger partial charge in [0.25, 0.3) is 5.56 Å². The van der Waals surface area contributed by atoms with Crippen molar-refractivity contribution in [2.45, 2.75) is 64.7 Å². The Bertz CT molecular complexity index is 1280. The molecule has 9 nitrogen and oxygen atoms in total. The first kappa shape index (κ1) is 31.9. The van der Waals surface area contributed by atoms with E-state index in [1.165, 1.54) is 6.92 Å². The number of allylic oxidation sites excluding steroid dienone is 1. The van der Waals surface area contributed by atoms with Crippen molar-refractivity contribution in [1.82, 2.24) is 25.5 Å². The third-order valence-corrected chi connectivity index (χ3v) is 7.40. The first-order valence-electron chi connectivity index (χ1n) is 13.0. The van der Waals surface area contributed by atoms with E-state index in [0.29, 0.717) is 24.0 Å². The van der Waals surface area contributed by atoms with Crippen molar-refractivity contribution in [3.05, 3.63) is 57.1 Å². The lowest BCUT2D eigenvalue weighted by atomic mass is 9.92. The van der Waals surface area contributed by atoms with E-state index in [-0.39, 0.29) is 42.1 Å². The number of nitrogens with zero attached hydrogens (tertiary/aromatic N) is 4. The van der Waals surface area contributed by atoms with E-state index in [0.717, 1.165) is 38.3 Å². The normalized spacial score (nSPS) is 21.4. The first-order valence-corrected chi connectivity index (χ1v) is 13.0. The van der Waals surface area contributed by atoms with Gasteiger partial charge in [0.1, 0.15) is 11.3 Å². The summed E-state index contributed by atoms with van der Waals surface area (Å²) in [5, 5.41) is 17.5. The standard InChI is InChI=1S/C13H14F3N3O3.C13H18F3N3/c1-6(21)4-17-9(5-20)7-2-3-8-10(13(14,15)16)12(22)19-18-11(7)8;1-9-3-5-19(6-4-10(9)2)12-17-7-11(8-18-12)13(14,15)16/h5,7,17,20H,2-4H2,1H3,(H,19,22);7-10H,3-6H2,1-2H3. The van der Waals surface area contributed by atoms with Crippen molar-refractivity contribution in [3.8, 4) is 0 Å². The molecular formula is C26H32F6N6O3. The van der Waals surface area contributed by atoms with E-state index < -0.39 is 35.0 Å². The molecule has 41 heavy (non-hydrogen) atoms. The van der Waals surface area contributed by atoms with Crippen molar-refractivity contribution in [1.29, 1.82) is 0 Å². The number of ketones is 1. The Balaban J connectivity index is 0.000000228. The van der Waals surface area contributed by atoms with Crippen LogP contribution in [0, 0.1) is 11.8 Å². The van der Waals surface area contributed by atoms with E-state index in [1.807, 2.05) is 10.00 Å². The summed E-state index contributed by atoms with van der Waals surface area (Å²) in [6, 6.07) is 0. The van der Waals surface area contributed by atoms with Crippen LogP contribution < -0.4 is 15.8 Å². The zero-order valence-corrected chi connectivity index (χ0v) is 22.7. The first-order chi connectivity index (χ1) is 19.1. The second-order valence-electron chi connectivity index (χ2n) is 10.3. The monoisotopic (exact) mass is 590 g/mol. The Labute approximate surface area is 232 Å². The van der Waals surface area contributed by atoms with Gasteiger partial charge >= 0.3 is 12.4 Å². The van der Waals surface area contributed by atoms with Crippen LogP contribution in [0.25, 0.3) is 0 Å². The molecule has 3 unspecified atom stereocenters. The lowest BCUT2D eigenvalue weighted by Crippen LogP contribution is -2.27. The number of fused-ring (bicyclic) bond motifs is 1. The molecule has 1 saturated heterocycles. The lowest BCUT2D eigenvalue weighted by molar-refractivity contribution is -0.139. The van der Waals surface area contributed by atoms with Gasteiger partial charge in [0.2, 0.25) is 5.95 Å². The molecule has 3 heterocycles. The number of aliphatic hydroxyl groups excluding tert-OH is 1. The maximum atomic E-state index is 13.0. The van der Waals surface area contributed by atoms with Crippen molar-refractivity contribution >= 4 is 11.7 Å². The number of aliphatic hydroxyl groups is 1. The average Bonchev–Trinajstić information content (AvgIpc) is 3.23. The molecule has 0 radical (unpaired) electrons. The number of alkyl halides is 6. The quantitative estimate of drug-likeness (QED) is 0.336. The molecule has 2 aromatic heterocycles. The fourth-order valence-corrected chi connectivity index (χ4v) is 4.78. The van der Waals surface area contributed by atoms with Crippen LogP contribution in [0.3, 0.4) is 0 Å². The number of carbonyl (C=O) groups is 1. The number of carbonyl (C=O) groups excluding carboxylic acids is 1. The van der Waals surface area contributed by atoms with Crippen LogP contribution >= 0.6 is 0 Å². The average molecular weight is 591 g/mol. The number of rotatable bonds is 5. The van der Waals surface area contributed by atoms with E-state index in [1.54, 1.807) is 0 Å². The van der Waals surface area contributed by atoms with Gasteiger partial charge in [-0.15, -0.1) is 0 Å². The molecule has 0 spiro atoms. The summed E-state index contributed by atoms with van der Waals surface area (Å²) >= 11 is 0. The topological polar surface area (TPSA) is 124 Å². The Hall–Kier alpha value is -3.65. The fourth-order valence-electron chi connectivity index (χ4n) is 4.78. The minimum Gasteiger partial charge on any atom is -0.514 e. The summed E-state index contributed by atoms with van der Waals surface area (Å²) in [6.45, 7) is 7.30. The number of anilines is 1. The molecule has 0 saturated carbocycles. The zero-order chi connectivity index (χ0) is 30.5. The molecule has 3 N–H and O–H groups in total. The highest BCUT2D eigenvalue weighted by molar-refractivity contribution is 5.77. The smallest absolute Gasteiger partial charge is 0.422 e. The summed E-state index contributed by atoms with van der Waals surface area (Å²) in [5.74, 6) is 0.827. The molecular weight excluding hydrogens is 558 g/mol. The highest BCUT2D eigenvalue weighted by atomic mass is 19.4. The van der Waals surface area contributed by atoms with Gasteiger partial charge in [-0.3, -0.25) is 9.59 Å². The SMILES string of the molecule is CC(=O)CNC(=CO)C1CCc2c1n[nH]c(=O)c2C(F)(F)F.CC1CCN(c2ncc(C(F)(F)F)cn2)CCC1C. The van der Waals surface area contributed by atoms with Gasteiger partial charge in [0.15, 0.2) is 0 Å². The van der Waals surface area contributed by atoms with Crippen molar-refractivity contribution < 1.29 is 36.2 Å². The largest absolute Gasteiger partial charge is 0.514 e. The molecule has 2 aliphatic rings. The Kier molecular flexibility index (Phi) is 10.0. The van der Waals surface area contributed by atoms with E-state index in [4.69, 9.17) is 0 Å². The molecule has 0 amide bonds. The molecule has 226 valence electrons. The molecule has 2 aromatic rings. The van der Waals surface area contributed by atoms with Crippen LogP contribution in [0.15, 0.2) is 29.1 Å². The lowest BCUT2D eigenvalue weighted by Gasteiger charge is -2.20. The molecule has 0 bridgehead atoms. The molecule has 0 aromatic carbocycles. The fraction of sp³-hybridized carbons (Fsp3) is 0.577. The van der Waals surface area contributed by atoms with Gasteiger partial charge in [-0.05, 0) is 50.0 Å². The van der Waals surface area contributed by atoms with Crippen LogP contribution in [-0.4, -0.2) is 50.7 Å². The minimum absolute atomic E-state index is 0.0187.